The maximum atomic E-state index is 4.68. The summed E-state index contributed by atoms with van der Waals surface area (Å²) in [5.74, 6) is 2.49. The van der Waals surface area contributed by atoms with E-state index < -0.39 is 0 Å². The van der Waals surface area contributed by atoms with Crippen LogP contribution in [0.25, 0.3) is 0 Å². The fourth-order valence-electron chi connectivity index (χ4n) is 4.32. The zero-order valence-electron chi connectivity index (χ0n) is 17.3. The average Bonchev–Trinajstić information content (AvgIpc) is 3.40. The first kappa shape index (κ1) is 18.9. The van der Waals surface area contributed by atoms with Gasteiger partial charge in [0.05, 0.1) is 18.6 Å². The van der Waals surface area contributed by atoms with E-state index >= 15 is 0 Å². The van der Waals surface area contributed by atoms with E-state index in [2.05, 4.69) is 62.2 Å². The lowest BCUT2D eigenvalue weighted by Gasteiger charge is -2.32. The number of rotatable bonds is 6. The summed E-state index contributed by atoms with van der Waals surface area (Å²) >= 11 is 0. The van der Waals surface area contributed by atoms with E-state index in [0.717, 1.165) is 43.5 Å². The molecule has 8 heteroatoms. The summed E-state index contributed by atoms with van der Waals surface area (Å²) in [6.07, 6.45) is 7.92. The maximum absolute atomic E-state index is 4.68. The fraction of sp³-hybridized carbons (Fsp3) is 0.600. The molecule has 4 heterocycles. The Morgan fingerprint density at radius 1 is 1.18 bits per heavy atom. The number of imidazole rings is 1. The van der Waals surface area contributed by atoms with Gasteiger partial charge in [-0.05, 0) is 40.2 Å². The highest BCUT2D eigenvalue weighted by Crippen LogP contribution is 2.28. The van der Waals surface area contributed by atoms with Gasteiger partial charge in [-0.1, -0.05) is 0 Å². The molecule has 1 aliphatic heterocycles. The van der Waals surface area contributed by atoms with Crippen molar-refractivity contribution in [1.82, 2.24) is 39.0 Å². The molecule has 28 heavy (non-hydrogen) atoms. The van der Waals surface area contributed by atoms with Gasteiger partial charge in [0.2, 0.25) is 0 Å². The van der Waals surface area contributed by atoms with Crippen molar-refractivity contribution in [1.29, 1.82) is 0 Å². The molecule has 0 N–H and O–H groups in total. The Hall–Kier alpha value is -2.48. The molecule has 8 nitrogen and oxygen atoms in total. The van der Waals surface area contributed by atoms with E-state index in [0.29, 0.717) is 12.5 Å². The largest absolute Gasteiger partial charge is 0.330 e. The zero-order chi connectivity index (χ0) is 19.7. The molecule has 0 aromatic carbocycles. The quantitative estimate of drug-likeness (QED) is 0.654. The van der Waals surface area contributed by atoms with E-state index in [1.165, 1.54) is 24.1 Å². The summed E-state index contributed by atoms with van der Waals surface area (Å²) in [7, 11) is 2.08. The highest BCUT2D eigenvalue weighted by molar-refractivity contribution is 5.24. The molecule has 4 rings (SSSR count). The van der Waals surface area contributed by atoms with Crippen LogP contribution in [0.15, 0.2) is 18.7 Å². The predicted octanol–water partition coefficient (Wildman–Crippen LogP) is 2.27. The topological polar surface area (TPSA) is 69.6 Å². The number of nitrogens with zero attached hydrogens (tertiary/aromatic N) is 8. The Morgan fingerprint density at radius 2 is 2.04 bits per heavy atom. The molecule has 0 bridgehead atoms. The SMILES string of the molecule is CCn1nc(C)c(CN2CCCC(c3nnc(Cn4ccnc4)n3C)C2)c1C. The molecule has 1 atom stereocenters. The van der Waals surface area contributed by atoms with Crippen molar-refractivity contribution in [2.45, 2.75) is 59.2 Å². The number of piperidine rings is 1. The molecular formula is C20H30N8. The molecule has 0 saturated carbocycles. The van der Waals surface area contributed by atoms with Gasteiger partial charge in [-0.3, -0.25) is 9.58 Å². The van der Waals surface area contributed by atoms with Gasteiger partial charge >= 0.3 is 0 Å². The van der Waals surface area contributed by atoms with Crippen LogP contribution < -0.4 is 0 Å². The van der Waals surface area contributed by atoms with Gasteiger partial charge in [-0.15, -0.1) is 10.2 Å². The van der Waals surface area contributed by atoms with Crippen LogP contribution in [0.2, 0.25) is 0 Å². The first-order valence-corrected chi connectivity index (χ1v) is 10.2. The smallest absolute Gasteiger partial charge is 0.152 e. The lowest BCUT2D eigenvalue weighted by molar-refractivity contribution is 0.194. The molecule has 1 aliphatic rings. The van der Waals surface area contributed by atoms with Crippen molar-refractivity contribution in [3.05, 3.63) is 47.3 Å². The van der Waals surface area contributed by atoms with Crippen LogP contribution in [0.4, 0.5) is 0 Å². The summed E-state index contributed by atoms with van der Waals surface area (Å²) in [4.78, 5) is 6.66. The predicted molar refractivity (Wildman–Crippen MR) is 107 cm³/mol. The van der Waals surface area contributed by atoms with Crippen molar-refractivity contribution in [2.75, 3.05) is 13.1 Å². The fourth-order valence-corrected chi connectivity index (χ4v) is 4.32. The van der Waals surface area contributed by atoms with E-state index in [1.807, 2.05) is 17.1 Å². The summed E-state index contributed by atoms with van der Waals surface area (Å²) < 4.78 is 6.30. The molecule has 1 unspecified atom stereocenters. The number of likely N-dealkylation sites (tertiary alicyclic amines) is 1. The summed E-state index contributed by atoms with van der Waals surface area (Å²) in [6, 6.07) is 0. The van der Waals surface area contributed by atoms with Crippen molar-refractivity contribution in [3.8, 4) is 0 Å². The Kier molecular flexibility index (Phi) is 5.30. The lowest BCUT2D eigenvalue weighted by atomic mass is 9.96. The maximum Gasteiger partial charge on any atom is 0.152 e. The molecule has 3 aromatic rings. The van der Waals surface area contributed by atoms with Crippen LogP contribution in [0.3, 0.4) is 0 Å². The zero-order valence-corrected chi connectivity index (χ0v) is 17.3. The minimum atomic E-state index is 0.421. The third kappa shape index (κ3) is 3.61. The van der Waals surface area contributed by atoms with E-state index in [-0.39, 0.29) is 0 Å². The Balaban J connectivity index is 1.47. The minimum absolute atomic E-state index is 0.421. The van der Waals surface area contributed by atoms with Crippen molar-refractivity contribution in [3.63, 3.8) is 0 Å². The minimum Gasteiger partial charge on any atom is -0.330 e. The van der Waals surface area contributed by atoms with Gasteiger partial charge in [0.15, 0.2) is 5.82 Å². The summed E-state index contributed by atoms with van der Waals surface area (Å²) in [6.45, 7) is 11.2. The van der Waals surface area contributed by atoms with Crippen LogP contribution in [0, 0.1) is 13.8 Å². The van der Waals surface area contributed by atoms with Gasteiger partial charge in [-0.2, -0.15) is 5.10 Å². The highest BCUT2D eigenvalue weighted by Gasteiger charge is 2.27. The van der Waals surface area contributed by atoms with Crippen LogP contribution in [-0.2, 0) is 26.7 Å². The molecule has 1 fully saturated rings. The first-order valence-electron chi connectivity index (χ1n) is 10.2. The summed E-state index contributed by atoms with van der Waals surface area (Å²) in [5, 5.41) is 13.7. The van der Waals surface area contributed by atoms with Gasteiger partial charge in [-0.25, -0.2) is 4.98 Å². The monoisotopic (exact) mass is 382 g/mol. The van der Waals surface area contributed by atoms with Gasteiger partial charge in [0, 0.05) is 56.3 Å². The average molecular weight is 383 g/mol. The molecule has 1 saturated heterocycles. The standard InChI is InChI=1S/C20H30N8/c1-5-28-16(3)18(15(2)24-28)12-26-9-6-7-17(11-26)20-23-22-19(25(20)4)13-27-10-8-21-14-27/h8,10,14,17H,5-7,9,11-13H2,1-4H3. The molecule has 0 radical (unpaired) electrons. The van der Waals surface area contributed by atoms with E-state index in [9.17, 15) is 0 Å². The number of aryl methyl sites for hydroxylation is 2. The first-order chi connectivity index (χ1) is 13.6. The molecule has 150 valence electrons. The number of hydrogen-bond acceptors (Lipinski definition) is 5. The van der Waals surface area contributed by atoms with Gasteiger partial charge in [0.25, 0.3) is 0 Å². The Labute approximate surface area is 166 Å². The van der Waals surface area contributed by atoms with E-state index in [4.69, 9.17) is 0 Å². The van der Waals surface area contributed by atoms with Crippen LogP contribution in [-0.4, -0.2) is 52.1 Å². The second-order valence-corrected chi connectivity index (χ2v) is 7.81. The normalized spacial score (nSPS) is 18.1. The molecule has 0 amide bonds. The third-order valence-electron chi connectivity index (χ3n) is 5.97. The second kappa shape index (κ2) is 7.87. The number of hydrogen-bond donors (Lipinski definition) is 0. The van der Waals surface area contributed by atoms with Crippen LogP contribution in [0.1, 0.15) is 54.3 Å². The molecule has 0 aliphatic carbocycles. The molecule has 0 spiro atoms. The van der Waals surface area contributed by atoms with Crippen molar-refractivity contribution in [2.24, 2.45) is 7.05 Å². The second-order valence-electron chi connectivity index (χ2n) is 7.81. The van der Waals surface area contributed by atoms with Gasteiger partial charge < -0.3 is 9.13 Å². The third-order valence-corrected chi connectivity index (χ3v) is 5.97. The van der Waals surface area contributed by atoms with E-state index in [1.54, 1.807) is 6.20 Å². The molecular weight excluding hydrogens is 352 g/mol. The number of aromatic nitrogens is 7. The van der Waals surface area contributed by atoms with Crippen LogP contribution >= 0.6 is 0 Å². The Morgan fingerprint density at radius 3 is 2.75 bits per heavy atom. The van der Waals surface area contributed by atoms with Crippen molar-refractivity contribution >= 4 is 0 Å². The highest BCUT2D eigenvalue weighted by atomic mass is 15.3. The lowest BCUT2D eigenvalue weighted by Crippen LogP contribution is -2.35. The van der Waals surface area contributed by atoms with Gasteiger partial charge in [0.1, 0.15) is 5.82 Å². The van der Waals surface area contributed by atoms with Crippen molar-refractivity contribution < 1.29 is 0 Å². The molecule has 3 aromatic heterocycles. The van der Waals surface area contributed by atoms with Crippen LogP contribution in [0.5, 0.6) is 0 Å². The summed E-state index contributed by atoms with van der Waals surface area (Å²) in [5.41, 5.74) is 3.83. The Bertz CT molecular complexity index is 921.